The van der Waals surface area contributed by atoms with Crippen molar-refractivity contribution >= 4 is 60.5 Å². The zero-order valence-electron chi connectivity index (χ0n) is 28.4. The van der Waals surface area contributed by atoms with E-state index in [0.717, 1.165) is 39.0 Å². The van der Waals surface area contributed by atoms with E-state index in [1.54, 1.807) is 0 Å². The molecule has 2 nitrogen and oxygen atoms in total. The number of para-hydroxylation sites is 1. The molecule has 0 aliphatic carbocycles. The lowest BCUT2D eigenvalue weighted by molar-refractivity contribution is 0.669. The number of anilines is 3. The first-order chi connectivity index (χ1) is 25.8. The van der Waals surface area contributed by atoms with Gasteiger partial charge in [-0.2, -0.15) is 0 Å². The first kappa shape index (κ1) is 30.0. The van der Waals surface area contributed by atoms with Crippen LogP contribution in [0.3, 0.4) is 0 Å². The molecule has 0 saturated heterocycles. The summed E-state index contributed by atoms with van der Waals surface area (Å²) in [7, 11) is 0. The first-order valence-electron chi connectivity index (χ1n) is 17.8. The van der Waals surface area contributed by atoms with E-state index >= 15 is 0 Å². The molecule has 1 heterocycles. The predicted molar refractivity (Wildman–Crippen MR) is 220 cm³/mol. The van der Waals surface area contributed by atoms with Crippen molar-refractivity contribution in [2.45, 2.75) is 0 Å². The fourth-order valence-electron chi connectivity index (χ4n) is 7.71. The number of hydrogen-bond donors (Lipinski definition) is 0. The van der Waals surface area contributed by atoms with E-state index < -0.39 is 0 Å². The molecule has 9 aromatic carbocycles. The molecule has 0 amide bonds. The van der Waals surface area contributed by atoms with Gasteiger partial charge in [0.2, 0.25) is 0 Å². The third-order valence-corrected chi connectivity index (χ3v) is 10.2. The van der Waals surface area contributed by atoms with Crippen molar-refractivity contribution in [3.8, 4) is 33.4 Å². The molecule has 0 unspecified atom stereocenters. The molecule has 10 aromatic rings. The van der Waals surface area contributed by atoms with E-state index in [9.17, 15) is 0 Å². The zero-order chi connectivity index (χ0) is 34.4. The second-order valence-corrected chi connectivity index (χ2v) is 13.3. The van der Waals surface area contributed by atoms with Crippen LogP contribution in [-0.4, -0.2) is 0 Å². The number of fused-ring (bicyclic) bond motifs is 6. The Bertz CT molecular complexity index is 2890. The van der Waals surface area contributed by atoms with Crippen LogP contribution in [0.15, 0.2) is 205 Å². The molecule has 0 atom stereocenters. The Labute approximate surface area is 302 Å². The van der Waals surface area contributed by atoms with Crippen molar-refractivity contribution in [2.24, 2.45) is 0 Å². The minimum Gasteiger partial charge on any atom is -0.456 e. The van der Waals surface area contributed by atoms with Crippen molar-refractivity contribution in [2.75, 3.05) is 4.90 Å². The highest BCUT2D eigenvalue weighted by atomic mass is 16.3. The van der Waals surface area contributed by atoms with Crippen molar-refractivity contribution in [3.63, 3.8) is 0 Å². The molecule has 244 valence electrons. The zero-order valence-corrected chi connectivity index (χ0v) is 28.4. The van der Waals surface area contributed by atoms with Gasteiger partial charge in [-0.3, -0.25) is 0 Å². The van der Waals surface area contributed by atoms with Crippen LogP contribution in [0.4, 0.5) is 17.1 Å². The Morgan fingerprint density at radius 2 is 0.885 bits per heavy atom. The minimum atomic E-state index is 0.918. The summed E-state index contributed by atoms with van der Waals surface area (Å²) in [6, 6.07) is 71.8. The van der Waals surface area contributed by atoms with E-state index in [2.05, 4.69) is 193 Å². The minimum absolute atomic E-state index is 0.918. The molecule has 0 aliphatic rings. The Balaban J connectivity index is 1.13. The lowest BCUT2D eigenvalue weighted by Crippen LogP contribution is -2.10. The fraction of sp³-hybridized carbons (Fsp3) is 0. The fourth-order valence-corrected chi connectivity index (χ4v) is 7.71. The smallest absolute Gasteiger partial charge is 0.136 e. The van der Waals surface area contributed by atoms with Crippen molar-refractivity contribution in [1.82, 2.24) is 0 Å². The summed E-state index contributed by atoms with van der Waals surface area (Å²) in [5, 5.41) is 7.09. The molecule has 0 spiro atoms. The van der Waals surface area contributed by atoms with Gasteiger partial charge in [0.15, 0.2) is 0 Å². The summed E-state index contributed by atoms with van der Waals surface area (Å²) >= 11 is 0. The second-order valence-electron chi connectivity index (χ2n) is 13.3. The maximum absolute atomic E-state index is 6.23. The maximum atomic E-state index is 6.23. The third-order valence-electron chi connectivity index (χ3n) is 10.2. The highest BCUT2D eigenvalue weighted by molar-refractivity contribution is 6.16. The van der Waals surface area contributed by atoms with Gasteiger partial charge < -0.3 is 9.32 Å². The predicted octanol–water partition coefficient (Wildman–Crippen LogP) is 14.4. The molecule has 52 heavy (non-hydrogen) atoms. The van der Waals surface area contributed by atoms with Crippen LogP contribution in [0.1, 0.15) is 0 Å². The molecule has 0 aliphatic heterocycles. The van der Waals surface area contributed by atoms with Crippen LogP contribution in [0.25, 0.3) is 76.9 Å². The van der Waals surface area contributed by atoms with Crippen LogP contribution in [-0.2, 0) is 0 Å². The van der Waals surface area contributed by atoms with Crippen molar-refractivity contribution in [3.05, 3.63) is 200 Å². The number of nitrogens with zero attached hydrogens (tertiary/aromatic N) is 1. The molecule has 0 saturated carbocycles. The Morgan fingerprint density at radius 1 is 0.288 bits per heavy atom. The number of furan rings is 1. The molecular formula is C50H33NO. The Morgan fingerprint density at radius 3 is 1.67 bits per heavy atom. The molecule has 0 bridgehead atoms. The number of hydrogen-bond acceptors (Lipinski definition) is 2. The van der Waals surface area contributed by atoms with Gasteiger partial charge >= 0.3 is 0 Å². The monoisotopic (exact) mass is 663 g/mol. The summed E-state index contributed by atoms with van der Waals surface area (Å²) in [5.41, 5.74) is 12.3. The number of rotatable bonds is 6. The quantitative estimate of drug-likeness (QED) is 0.165. The topological polar surface area (TPSA) is 16.4 Å². The summed E-state index contributed by atoms with van der Waals surface area (Å²) in [4.78, 5) is 2.37. The third kappa shape index (κ3) is 5.21. The average Bonchev–Trinajstić information content (AvgIpc) is 3.58. The first-order valence-corrected chi connectivity index (χ1v) is 17.8. The number of benzene rings is 9. The van der Waals surface area contributed by atoms with Gasteiger partial charge in [-0.05, 0) is 110 Å². The van der Waals surface area contributed by atoms with Crippen LogP contribution in [0.2, 0.25) is 0 Å². The molecular weight excluding hydrogens is 631 g/mol. The van der Waals surface area contributed by atoms with Gasteiger partial charge in [0, 0.05) is 27.8 Å². The van der Waals surface area contributed by atoms with Gasteiger partial charge in [-0.15, -0.1) is 0 Å². The van der Waals surface area contributed by atoms with E-state index in [1.165, 1.54) is 54.9 Å². The van der Waals surface area contributed by atoms with Crippen LogP contribution in [0.5, 0.6) is 0 Å². The molecule has 0 radical (unpaired) electrons. The Kier molecular flexibility index (Phi) is 7.18. The normalized spacial score (nSPS) is 11.5. The standard InChI is InChI=1S/C50H33NO/c1-3-12-34(13-4-1)35-24-26-40(27-25-35)51(41-17-11-16-37(30-41)44-19-8-7-18-43(44)36-14-5-2-6-15-36)42-28-29-45-38(31-42)22-23-39-32-50-48(33-47(39)45)46-20-9-10-21-49(46)52-50/h1-33H. The van der Waals surface area contributed by atoms with E-state index in [0.29, 0.717) is 0 Å². The van der Waals surface area contributed by atoms with Crippen LogP contribution in [0, 0.1) is 0 Å². The van der Waals surface area contributed by atoms with E-state index in [1.807, 2.05) is 12.1 Å². The highest BCUT2D eigenvalue weighted by Gasteiger charge is 2.17. The van der Waals surface area contributed by atoms with Gasteiger partial charge in [-0.1, -0.05) is 146 Å². The molecule has 0 fully saturated rings. The van der Waals surface area contributed by atoms with Crippen LogP contribution >= 0.6 is 0 Å². The molecule has 0 N–H and O–H groups in total. The van der Waals surface area contributed by atoms with E-state index in [4.69, 9.17) is 4.42 Å². The van der Waals surface area contributed by atoms with Crippen molar-refractivity contribution in [1.29, 1.82) is 0 Å². The van der Waals surface area contributed by atoms with Gasteiger partial charge in [-0.25, -0.2) is 0 Å². The lowest BCUT2D eigenvalue weighted by Gasteiger charge is -2.27. The van der Waals surface area contributed by atoms with Gasteiger partial charge in [0.25, 0.3) is 0 Å². The summed E-state index contributed by atoms with van der Waals surface area (Å²) in [6.07, 6.45) is 0. The largest absolute Gasteiger partial charge is 0.456 e. The average molecular weight is 664 g/mol. The lowest BCUT2D eigenvalue weighted by atomic mass is 9.94. The molecule has 10 rings (SSSR count). The van der Waals surface area contributed by atoms with Gasteiger partial charge in [0.1, 0.15) is 11.2 Å². The summed E-state index contributed by atoms with van der Waals surface area (Å²) < 4.78 is 6.23. The van der Waals surface area contributed by atoms with Crippen molar-refractivity contribution < 1.29 is 4.42 Å². The maximum Gasteiger partial charge on any atom is 0.136 e. The SMILES string of the molecule is c1ccc(-c2ccc(N(c3cccc(-c4ccccc4-c4ccccc4)c3)c3ccc4c(ccc5cc6oc7ccccc7c6cc54)c3)cc2)cc1. The van der Waals surface area contributed by atoms with Gasteiger partial charge in [0.05, 0.1) is 0 Å². The molecule has 1 aromatic heterocycles. The summed E-state index contributed by atoms with van der Waals surface area (Å²) in [5.74, 6) is 0. The van der Waals surface area contributed by atoms with E-state index in [-0.39, 0.29) is 0 Å². The molecule has 2 heteroatoms. The van der Waals surface area contributed by atoms with Crippen LogP contribution < -0.4 is 4.90 Å². The highest BCUT2D eigenvalue weighted by Crippen LogP contribution is 2.42. The second kappa shape index (κ2) is 12.5. The summed E-state index contributed by atoms with van der Waals surface area (Å²) in [6.45, 7) is 0. The Hall–Kier alpha value is -6.90.